The zero-order valence-electron chi connectivity index (χ0n) is 14.7. The Balaban J connectivity index is 2.19. The van der Waals surface area contributed by atoms with Crippen LogP contribution in [0.15, 0.2) is 29.6 Å². The van der Waals surface area contributed by atoms with Crippen molar-refractivity contribution in [3.05, 3.63) is 45.9 Å². The molecular weight excluding hydrogens is 322 g/mol. The highest BCUT2D eigenvalue weighted by molar-refractivity contribution is 7.09. The number of rotatable bonds is 8. The third kappa shape index (κ3) is 4.79. The molecule has 1 heterocycles. The quantitative estimate of drug-likeness (QED) is 0.796. The van der Waals surface area contributed by atoms with Crippen LogP contribution in [-0.4, -0.2) is 31.1 Å². The van der Waals surface area contributed by atoms with Crippen molar-refractivity contribution < 1.29 is 9.53 Å². The van der Waals surface area contributed by atoms with Gasteiger partial charge in [-0.15, -0.1) is 11.3 Å². The number of anilines is 1. The van der Waals surface area contributed by atoms with Crippen LogP contribution < -0.4 is 10.2 Å². The molecule has 24 heavy (non-hydrogen) atoms. The number of carbonyl (C=O) groups excluding carboxylic acids is 1. The van der Waals surface area contributed by atoms with Gasteiger partial charge in [-0.3, -0.25) is 4.79 Å². The van der Waals surface area contributed by atoms with Crippen molar-refractivity contribution in [3.8, 4) is 0 Å². The van der Waals surface area contributed by atoms with Crippen LogP contribution in [-0.2, 0) is 16.1 Å². The first kappa shape index (κ1) is 18.4. The molecule has 5 nitrogen and oxygen atoms in total. The summed E-state index contributed by atoms with van der Waals surface area (Å²) in [5.74, 6) is -0.0172. The van der Waals surface area contributed by atoms with Gasteiger partial charge in [0.15, 0.2) is 0 Å². The molecule has 1 amide bonds. The first-order valence-electron chi connectivity index (χ1n) is 8.12. The van der Waals surface area contributed by atoms with Crippen LogP contribution >= 0.6 is 11.3 Å². The first-order chi connectivity index (χ1) is 11.5. The molecule has 0 aliphatic heterocycles. The Morgan fingerprint density at radius 2 is 2.17 bits per heavy atom. The van der Waals surface area contributed by atoms with E-state index >= 15 is 0 Å². The highest BCUT2D eigenvalue weighted by Gasteiger charge is 2.16. The first-order valence-corrected chi connectivity index (χ1v) is 9.00. The van der Waals surface area contributed by atoms with E-state index in [0.717, 1.165) is 22.0 Å². The molecule has 2 aromatic rings. The molecule has 1 N–H and O–H groups in total. The number of carbonyl (C=O) groups is 1. The second kappa shape index (κ2) is 8.80. The van der Waals surface area contributed by atoms with Crippen LogP contribution in [0.4, 0.5) is 5.69 Å². The van der Waals surface area contributed by atoms with Gasteiger partial charge in [-0.05, 0) is 32.4 Å². The minimum atomic E-state index is -0.0172. The zero-order chi connectivity index (χ0) is 17.5. The van der Waals surface area contributed by atoms with Gasteiger partial charge >= 0.3 is 0 Å². The van der Waals surface area contributed by atoms with Crippen LogP contribution in [0.5, 0.6) is 0 Å². The predicted molar refractivity (Wildman–Crippen MR) is 98.5 cm³/mol. The van der Waals surface area contributed by atoms with E-state index in [9.17, 15) is 4.79 Å². The summed E-state index contributed by atoms with van der Waals surface area (Å²) in [4.78, 5) is 18.6. The van der Waals surface area contributed by atoms with Crippen LogP contribution in [0.2, 0.25) is 0 Å². The standard InChI is InChI=1S/C18H25N3O2S/c1-5-23-14(3)18-20-15(12-24-18)10-21(11-17(22)19-4)16-9-7-6-8-13(16)2/h6-9,12,14H,5,10-11H2,1-4H3,(H,19,22)/t14-/m1/s1. The Bertz CT molecular complexity index is 672. The van der Waals surface area contributed by atoms with E-state index in [4.69, 9.17) is 4.74 Å². The maximum atomic E-state index is 11.9. The van der Waals surface area contributed by atoms with Gasteiger partial charge in [0.05, 0.1) is 18.8 Å². The fourth-order valence-corrected chi connectivity index (χ4v) is 3.31. The molecule has 0 aliphatic rings. The van der Waals surface area contributed by atoms with Crippen molar-refractivity contribution in [2.24, 2.45) is 0 Å². The zero-order valence-corrected chi connectivity index (χ0v) is 15.5. The number of hydrogen-bond acceptors (Lipinski definition) is 5. The van der Waals surface area contributed by atoms with Gasteiger partial charge in [-0.25, -0.2) is 4.98 Å². The normalized spacial score (nSPS) is 12.0. The molecule has 2 rings (SSSR count). The van der Waals surface area contributed by atoms with Crippen molar-refractivity contribution in [2.45, 2.75) is 33.4 Å². The maximum absolute atomic E-state index is 11.9. The molecule has 1 atom stereocenters. The highest BCUT2D eigenvalue weighted by Crippen LogP contribution is 2.25. The van der Waals surface area contributed by atoms with E-state index in [2.05, 4.69) is 28.2 Å². The summed E-state index contributed by atoms with van der Waals surface area (Å²) >= 11 is 1.60. The number of benzene rings is 1. The average Bonchev–Trinajstić information content (AvgIpc) is 3.03. The number of thiazole rings is 1. The molecule has 130 valence electrons. The summed E-state index contributed by atoms with van der Waals surface area (Å²) in [6, 6.07) is 8.08. The van der Waals surface area contributed by atoms with Gasteiger partial charge in [-0.1, -0.05) is 18.2 Å². The molecule has 0 bridgehead atoms. The largest absolute Gasteiger partial charge is 0.372 e. The van der Waals surface area contributed by atoms with E-state index in [-0.39, 0.29) is 12.0 Å². The van der Waals surface area contributed by atoms with E-state index in [0.29, 0.717) is 19.7 Å². The molecule has 0 unspecified atom stereocenters. The Morgan fingerprint density at radius 3 is 2.83 bits per heavy atom. The second-order valence-electron chi connectivity index (χ2n) is 5.59. The average molecular weight is 347 g/mol. The summed E-state index contributed by atoms with van der Waals surface area (Å²) < 4.78 is 5.60. The summed E-state index contributed by atoms with van der Waals surface area (Å²) in [7, 11) is 1.66. The third-order valence-corrected chi connectivity index (χ3v) is 4.81. The summed E-state index contributed by atoms with van der Waals surface area (Å²) in [6.07, 6.45) is -0.000369. The monoisotopic (exact) mass is 347 g/mol. The third-order valence-electron chi connectivity index (χ3n) is 3.76. The van der Waals surface area contributed by atoms with Crippen molar-refractivity contribution in [2.75, 3.05) is 25.1 Å². The van der Waals surface area contributed by atoms with Crippen molar-refractivity contribution in [1.82, 2.24) is 10.3 Å². The number of nitrogens with one attached hydrogen (secondary N) is 1. The number of likely N-dealkylation sites (N-methyl/N-ethyl adjacent to an activating group) is 1. The van der Waals surface area contributed by atoms with Crippen LogP contribution in [0.25, 0.3) is 0 Å². The molecule has 0 spiro atoms. The number of para-hydroxylation sites is 1. The molecule has 6 heteroatoms. The number of ether oxygens (including phenoxy) is 1. The molecule has 0 radical (unpaired) electrons. The summed E-state index contributed by atoms with van der Waals surface area (Å²) in [5, 5.41) is 5.70. The van der Waals surface area contributed by atoms with E-state index in [1.54, 1.807) is 18.4 Å². The Hall–Kier alpha value is -1.92. The fraction of sp³-hybridized carbons (Fsp3) is 0.444. The van der Waals surface area contributed by atoms with Crippen LogP contribution in [0, 0.1) is 6.92 Å². The second-order valence-corrected chi connectivity index (χ2v) is 6.48. The lowest BCUT2D eigenvalue weighted by atomic mass is 10.1. The Kier molecular flexibility index (Phi) is 6.75. The SMILES string of the molecule is CCO[C@H](C)c1nc(CN(CC(=O)NC)c2ccccc2C)cs1. The molecule has 0 saturated carbocycles. The predicted octanol–water partition coefficient (Wildman–Crippen LogP) is 3.30. The van der Waals surface area contributed by atoms with E-state index in [1.165, 1.54) is 0 Å². The summed E-state index contributed by atoms with van der Waals surface area (Å²) in [5.41, 5.74) is 3.14. The molecular formula is C18H25N3O2S. The van der Waals surface area contributed by atoms with Crippen molar-refractivity contribution in [3.63, 3.8) is 0 Å². The van der Waals surface area contributed by atoms with Crippen LogP contribution in [0.1, 0.15) is 36.2 Å². The van der Waals surface area contributed by atoms with Crippen LogP contribution in [0.3, 0.4) is 0 Å². The number of hydrogen-bond donors (Lipinski definition) is 1. The number of amides is 1. The van der Waals surface area contributed by atoms with Crippen molar-refractivity contribution in [1.29, 1.82) is 0 Å². The lowest BCUT2D eigenvalue weighted by Crippen LogP contribution is -2.35. The summed E-state index contributed by atoms with van der Waals surface area (Å²) in [6.45, 7) is 7.60. The smallest absolute Gasteiger partial charge is 0.239 e. The highest BCUT2D eigenvalue weighted by atomic mass is 32.1. The number of aromatic nitrogens is 1. The van der Waals surface area contributed by atoms with Gasteiger partial charge in [0.25, 0.3) is 0 Å². The lowest BCUT2D eigenvalue weighted by Gasteiger charge is -2.25. The molecule has 1 aromatic carbocycles. The maximum Gasteiger partial charge on any atom is 0.239 e. The minimum Gasteiger partial charge on any atom is -0.372 e. The van der Waals surface area contributed by atoms with Gasteiger partial charge in [-0.2, -0.15) is 0 Å². The van der Waals surface area contributed by atoms with Gasteiger partial charge in [0.2, 0.25) is 5.91 Å². The number of nitrogens with zero attached hydrogens (tertiary/aromatic N) is 2. The molecule has 1 aromatic heterocycles. The molecule has 0 fully saturated rings. The molecule has 0 aliphatic carbocycles. The van der Waals surface area contributed by atoms with Crippen molar-refractivity contribution >= 4 is 22.9 Å². The van der Waals surface area contributed by atoms with Gasteiger partial charge in [0.1, 0.15) is 11.1 Å². The van der Waals surface area contributed by atoms with Gasteiger partial charge in [0, 0.05) is 24.7 Å². The number of aryl methyl sites for hydroxylation is 1. The topological polar surface area (TPSA) is 54.5 Å². The lowest BCUT2D eigenvalue weighted by molar-refractivity contribution is -0.119. The fourth-order valence-electron chi connectivity index (χ4n) is 2.50. The Labute approximate surface area is 147 Å². The van der Waals surface area contributed by atoms with E-state index in [1.807, 2.05) is 37.4 Å². The molecule has 0 saturated heterocycles. The van der Waals surface area contributed by atoms with Gasteiger partial charge < -0.3 is 15.0 Å². The Morgan fingerprint density at radius 1 is 1.42 bits per heavy atom. The van der Waals surface area contributed by atoms with E-state index < -0.39 is 0 Å². The minimum absolute atomic E-state index is 0.000369.